The van der Waals surface area contributed by atoms with Gasteiger partial charge in [-0.3, -0.25) is 19.7 Å². The quantitative estimate of drug-likeness (QED) is 0.824. The van der Waals surface area contributed by atoms with Crippen molar-refractivity contribution in [3.63, 3.8) is 0 Å². The first-order chi connectivity index (χ1) is 7.68. The van der Waals surface area contributed by atoms with Crippen molar-refractivity contribution >= 4 is 23.0 Å². The minimum Gasteiger partial charge on any atom is -0.286 e. The van der Waals surface area contributed by atoms with Gasteiger partial charge in [0.15, 0.2) is 0 Å². The zero-order valence-corrected chi connectivity index (χ0v) is 9.45. The highest BCUT2D eigenvalue weighted by molar-refractivity contribution is 7.12. The van der Waals surface area contributed by atoms with Crippen LogP contribution in [0.1, 0.15) is 22.3 Å². The highest BCUT2D eigenvalue weighted by atomic mass is 32.1. The van der Waals surface area contributed by atoms with Crippen molar-refractivity contribution < 1.29 is 9.59 Å². The van der Waals surface area contributed by atoms with Gasteiger partial charge in [0.05, 0.1) is 4.88 Å². The van der Waals surface area contributed by atoms with Crippen molar-refractivity contribution in [3.8, 4) is 0 Å². The summed E-state index contributed by atoms with van der Waals surface area (Å²) in [6.45, 7) is 1.40. The number of rotatable bonds is 3. The molecule has 0 aromatic carbocycles. The van der Waals surface area contributed by atoms with Crippen LogP contribution in [0.3, 0.4) is 0 Å². The Morgan fingerprint density at radius 1 is 1.31 bits per heavy atom. The van der Waals surface area contributed by atoms with Crippen molar-refractivity contribution in [1.29, 1.82) is 0 Å². The molecule has 0 aliphatic carbocycles. The van der Waals surface area contributed by atoms with Crippen LogP contribution >= 0.6 is 11.3 Å². The fourth-order valence-electron chi connectivity index (χ4n) is 1.37. The van der Waals surface area contributed by atoms with Crippen LogP contribution in [0.15, 0.2) is 35.8 Å². The van der Waals surface area contributed by atoms with E-state index in [9.17, 15) is 9.59 Å². The number of ketones is 1. The molecule has 2 rings (SSSR count). The van der Waals surface area contributed by atoms with Gasteiger partial charge in [0.1, 0.15) is 5.69 Å². The van der Waals surface area contributed by atoms with Gasteiger partial charge in [0, 0.05) is 13.1 Å². The summed E-state index contributed by atoms with van der Waals surface area (Å²) in [4.78, 5) is 23.6. The molecule has 0 radical (unpaired) electrons. The maximum absolute atomic E-state index is 12.0. The topological polar surface area (TPSA) is 51.1 Å². The molecular weight excluding hydrogens is 224 g/mol. The summed E-state index contributed by atoms with van der Waals surface area (Å²) in [7, 11) is 0. The molecule has 2 aromatic heterocycles. The summed E-state index contributed by atoms with van der Waals surface area (Å²) in [6, 6.07) is 6.98. The number of nitrogens with one attached hydrogen (secondary N) is 1. The van der Waals surface area contributed by atoms with Crippen molar-refractivity contribution in [2.24, 2.45) is 0 Å². The smallest absolute Gasteiger partial charge is 0.235 e. The van der Waals surface area contributed by atoms with Crippen molar-refractivity contribution in [1.82, 2.24) is 4.68 Å². The monoisotopic (exact) mass is 234 g/mol. The summed E-state index contributed by atoms with van der Waals surface area (Å²) in [5.41, 5.74) is 3.01. The molecule has 2 heterocycles. The predicted octanol–water partition coefficient (Wildman–Crippen LogP) is 1.87. The lowest BCUT2D eigenvalue weighted by atomic mass is 10.2. The van der Waals surface area contributed by atoms with E-state index in [-0.39, 0.29) is 11.7 Å². The van der Waals surface area contributed by atoms with Gasteiger partial charge in [-0.1, -0.05) is 6.07 Å². The highest BCUT2D eigenvalue weighted by Crippen LogP contribution is 2.14. The van der Waals surface area contributed by atoms with Crippen molar-refractivity contribution in [2.45, 2.75) is 6.92 Å². The van der Waals surface area contributed by atoms with Gasteiger partial charge < -0.3 is 0 Å². The fourth-order valence-corrected chi connectivity index (χ4v) is 2.04. The number of hydrogen-bond donors (Lipinski definition) is 1. The van der Waals surface area contributed by atoms with Gasteiger partial charge >= 0.3 is 0 Å². The fraction of sp³-hybridized carbons (Fsp3) is 0.0909. The van der Waals surface area contributed by atoms with Crippen molar-refractivity contribution in [2.75, 3.05) is 5.43 Å². The van der Waals surface area contributed by atoms with E-state index < -0.39 is 0 Å². The van der Waals surface area contributed by atoms with E-state index in [2.05, 4.69) is 5.43 Å². The first-order valence-corrected chi connectivity index (χ1v) is 5.59. The van der Waals surface area contributed by atoms with Gasteiger partial charge in [-0.2, -0.15) is 0 Å². The molecule has 0 fully saturated rings. The third-order valence-corrected chi connectivity index (χ3v) is 2.87. The summed E-state index contributed by atoms with van der Waals surface area (Å²) < 4.78 is 1.43. The number of aromatic nitrogens is 1. The molecule has 0 aliphatic rings. The molecule has 0 bridgehead atoms. The minimum atomic E-state index is -0.212. The van der Waals surface area contributed by atoms with Crippen LogP contribution in [0.2, 0.25) is 0 Å². The number of carbonyl (C=O) groups is 2. The van der Waals surface area contributed by atoms with Gasteiger partial charge in [-0.15, -0.1) is 11.3 Å². The third-order valence-electron chi connectivity index (χ3n) is 2.00. The van der Waals surface area contributed by atoms with Gasteiger partial charge in [-0.05, 0) is 23.6 Å². The lowest BCUT2D eigenvalue weighted by molar-refractivity contribution is -0.115. The number of thiophene rings is 1. The molecule has 16 heavy (non-hydrogen) atoms. The lowest BCUT2D eigenvalue weighted by Gasteiger charge is -2.07. The minimum absolute atomic E-state index is 0.0891. The highest BCUT2D eigenvalue weighted by Gasteiger charge is 2.14. The Hall–Kier alpha value is -1.88. The van der Waals surface area contributed by atoms with Crippen LogP contribution in [-0.2, 0) is 4.79 Å². The normalized spacial score (nSPS) is 10.1. The SMILES string of the molecule is CC(=O)Nn1cccc1C(=O)c1cccs1. The Bertz CT molecular complexity index is 514. The number of nitrogens with zero attached hydrogens (tertiary/aromatic N) is 1. The largest absolute Gasteiger partial charge is 0.286 e. The second-order valence-electron chi connectivity index (χ2n) is 3.24. The summed E-state index contributed by atoms with van der Waals surface area (Å²) in [6.07, 6.45) is 1.64. The Morgan fingerprint density at radius 3 is 2.75 bits per heavy atom. The number of hydrogen-bond acceptors (Lipinski definition) is 3. The Labute approximate surface area is 96.5 Å². The molecule has 1 N–H and O–H groups in total. The summed E-state index contributed by atoms with van der Waals surface area (Å²) >= 11 is 1.38. The Kier molecular flexibility index (Phi) is 2.87. The molecule has 0 saturated heterocycles. The van der Waals surface area contributed by atoms with Gasteiger partial charge in [-0.25, -0.2) is 0 Å². The molecule has 0 unspecified atom stereocenters. The van der Waals surface area contributed by atoms with Crippen LogP contribution < -0.4 is 5.43 Å². The summed E-state index contributed by atoms with van der Waals surface area (Å²) in [5.74, 6) is -0.301. The van der Waals surface area contributed by atoms with Crippen LogP contribution in [0.4, 0.5) is 0 Å². The van der Waals surface area contributed by atoms with E-state index in [1.807, 2.05) is 11.4 Å². The van der Waals surface area contributed by atoms with Crippen LogP contribution in [-0.4, -0.2) is 16.4 Å². The molecule has 4 nitrogen and oxygen atoms in total. The molecule has 5 heteroatoms. The number of amides is 1. The standard InChI is InChI=1S/C11H10N2O2S/c1-8(14)12-13-6-2-4-9(13)11(15)10-5-3-7-16-10/h2-7H,1H3,(H,12,14). The van der Waals surface area contributed by atoms with Crippen LogP contribution in [0, 0.1) is 0 Å². The second kappa shape index (κ2) is 4.32. The molecule has 0 spiro atoms. The van der Waals surface area contributed by atoms with E-state index >= 15 is 0 Å². The Morgan fingerprint density at radius 2 is 2.12 bits per heavy atom. The third kappa shape index (κ3) is 2.04. The average Bonchev–Trinajstić information content (AvgIpc) is 2.84. The maximum atomic E-state index is 12.0. The molecule has 0 saturated carbocycles. The van der Waals surface area contributed by atoms with Crippen LogP contribution in [0.5, 0.6) is 0 Å². The zero-order chi connectivity index (χ0) is 11.5. The molecular formula is C11H10N2O2S. The molecule has 0 atom stereocenters. The van der Waals surface area contributed by atoms with Gasteiger partial charge in [0.25, 0.3) is 0 Å². The predicted molar refractivity (Wildman–Crippen MR) is 62.2 cm³/mol. The molecule has 82 valence electrons. The van der Waals surface area contributed by atoms with E-state index in [1.54, 1.807) is 24.4 Å². The molecule has 1 amide bonds. The lowest BCUT2D eigenvalue weighted by Crippen LogP contribution is -2.22. The van der Waals surface area contributed by atoms with E-state index in [1.165, 1.54) is 22.9 Å². The first kappa shape index (κ1) is 10.6. The zero-order valence-electron chi connectivity index (χ0n) is 8.64. The van der Waals surface area contributed by atoms with E-state index in [0.717, 1.165) is 0 Å². The van der Waals surface area contributed by atoms with Crippen molar-refractivity contribution in [3.05, 3.63) is 46.4 Å². The summed E-state index contributed by atoms with van der Waals surface area (Å²) in [5, 5.41) is 1.85. The molecule has 0 aliphatic heterocycles. The average molecular weight is 234 g/mol. The second-order valence-corrected chi connectivity index (χ2v) is 4.19. The molecule has 2 aromatic rings. The van der Waals surface area contributed by atoms with E-state index in [4.69, 9.17) is 0 Å². The van der Waals surface area contributed by atoms with Crippen LogP contribution in [0.25, 0.3) is 0 Å². The number of carbonyl (C=O) groups excluding carboxylic acids is 2. The maximum Gasteiger partial charge on any atom is 0.235 e. The Balaban J connectivity index is 2.31. The van der Waals surface area contributed by atoms with E-state index in [0.29, 0.717) is 10.6 Å². The first-order valence-electron chi connectivity index (χ1n) is 4.71. The van der Waals surface area contributed by atoms with Gasteiger partial charge in [0.2, 0.25) is 11.7 Å².